The molecule has 0 aromatic heterocycles. The fourth-order valence-corrected chi connectivity index (χ4v) is 6.39. The predicted molar refractivity (Wildman–Crippen MR) is 240 cm³/mol. The number of nitrogens with two attached hydrogens (primary N) is 1. The highest BCUT2D eigenvalue weighted by Crippen LogP contribution is 2.39. The van der Waals surface area contributed by atoms with Gasteiger partial charge in [0.25, 0.3) is 29.3 Å². The van der Waals surface area contributed by atoms with E-state index in [4.69, 9.17) is 15.2 Å². The third-order valence-electron chi connectivity index (χ3n) is 9.66. The maximum absolute atomic E-state index is 13.7. The summed E-state index contributed by atoms with van der Waals surface area (Å²) < 4.78 is 11.7. The van der Waals surface area contributed by atoms with E-state index in [1.165, 1.54) is 84.9 Å². The van der Waals surface area contributed by atoms with Gasteiger partial charge in [0.1, 0.15) is 11.8 Å². The van der Waals surface area contributed by atoms with E-state index in [1.54, 1.807) is 32.0 Å². The van der Waals surface area contributed by atoms with Gasteiger partial charge in [-0.25, -0.2) is 0 Å². The Hall–Kier alpha value is -8.12. The molecule has 5 aromatic carbocycles. The molecule has 65 heavy (non-hydrogen) atoms. The van der Waals surface area contributed by atoms with Crippen LogP contribution in [0.25, 0.3) is 0 Å². The molecule has 0 saturated heterocycles. The molecule has 2 atom stereocenters. The Morgan fingerprint density at radius 1 is 0.692 bits per heavy atom. The number of nitro groups is 1. The van der Waals surface area contributed by atoms with Gasteiger partial charge in [-0.2, -0.15) is 0 Å². The molecule has 2 unspecified atom stereocenters. The number of primary amides is 1. The van der Waals surface area contributed by atoms with E-state index in [1.807, 2.05) is 20.8 Å². The molecule has 0 aliphatic heterocycles. The number of anilines is 3. The second-order valence-electron chi connectivity index (χ2n) is 15.4. The molecule has 18 heteroatoms. The summed E-state index contributed by atoms with van der Waals surface area (Å²) in [7, 11) is 0. The molecule has 5 amide bonds. The number of hydrogen-bond acceptors (Lipinski definition) is 12. The molecule has 0 radical (unpaired) electrons. The first-order valence-corrected chi connectivity index (χ1v) is 20.3. The van der Waals surface area contributed by atoms with E-state index in [9.17, 15) is 49.1 Å². The van der Waals surface area contributed by atoms with Crippen molar-refractivity contribution in [2.45, 2.75) is 59.3 Å². The zero-order chi connectivity index (χ0) is 47.5. The number of aryl methyl sites for hydroxylation is 1. The lowest BCUT2D eigenvalue weighted by molar-refractivity contribution is -0.384. The Kier molecular flexibility index (Phi) is 15.7. The summed E-state index contributed by atoms with van der Waals surface area (Å²) in [6.45, 7) is 8.14. The maximum atomic E-state index is 13.7. The molecule has 0 saturated carbocycles. The molecule has 5 aromatic rings. The molecule has 5 rings (SSSR count). The van der Waals surface area contributed by atoms with Crippen LogP contribution in [0, 0.1) is 23.0 Å². The van der Waals surface area contributed by atoms with Crippen LogP contribution in [0.3, 0.4) is 0 Å². The zero-order valence-corrected chi connectivity index (χ0v) is 36.0. The molecule has 18 nitrogen and oxygen atoms in total. The van der Waals surface area contributed by atoms with Crippen molar-refractivity contribution < 1.29 is 53.4 Å². The van der Waals surface area contributed by atoms with Crippen LogP contribution in [0.1, 0.15) is 80.3 Å². The average molecular weight is 889 g/mol. The number of nitrogens with one attached hydrogen (secondary N) is 4. The Balaban J connectivity index is 1.26. The summed E-state index contributed by atoms with van der Waals surface area (Å²) in [5, 5.41) is 42.7. The van der Waals surface area contributed by atoms with Crippen molar-refractivity contribution in [2.24, 2.45) is 11.7 Å². The fraction of sp³-hybridized carbons (Fsp3) is 0.234. The van der Waals surface area contributed by atoms with Crippen molar-refractivity contribution in [3.63, 3.8) is 0 Å². The summed E-state index contributed by atoms with van der Waals surface area (Å²) in [6, 6.07) is 22.7. The molecule has 8 N–H and O–H groups in total. The molecule has 0 fully saturated rings. The minimum atomic E-state index is -1.56. The minimum Gasteiger partial charge on any atom is -0.504 e. The van der Waals surface area contributed by atoms with Gasteiger partial charge in [-0.3, -0.25) is 38.9 Å². The van der Waals surface area contributed by atoms with Crippen molar-refractivity contribution in [3.05, 3.63) is 147 Å². The minimum absolute atomic E-state index is 0.0360. The third kappa shape index (κ3) is 12.5. The van der Waals surface area contributed by atoms with Crippen molar-refractivity contribution in [3.8, 4) is 17.2 Å². The molecule has 0 heterocycles. The predicted octanol–water partition coefficient (Wildman–Crippen LogP) is 5.94. The number of rotatable bonds is 19. The van der Waals surface area contributed by atoms with Gasteiger partial charge in [-0.05, 0) is 119 Å². The fourth-order valence-electron chi connectivity index (χ4n) is 6.39. The maximum Gasteiger partial charge on any atom is 0.269 e. The number of non-ortho nitro benzene ring substituents is 1. The van der Waals surface area contributed by atoms with Crippen LogP contribution in [-0.4, -0.2) is 75.3 Å². The molecule has 0 aliphatic carbocycles. The summed E-state index contributed by atoms with van der Waals surface area (Å²) in [5.74, 6) is -6.05. The summed E-state index contributed by atoms with van der Waals surface area (Å²) in [4.78, 5) is 89.1. The highest BCUT2D eigenvalue weighted by atomic mass is 16.6. The van der Waals surface area contributed by atoms with E-state index in [-0.39, 0.29) is 57.6 Å². The van der Waals surface area contributed by atoms with E-state index < -0.39 is 70.7 Å². The van der Waals surface area contributed by atoms with Gasteiger partial charge in [0.15, 0.2) is 17.3 Å². The SMILES string of the molecule is Cc1ccc(NC(=O)c2ccc(NC(=O)c3ccc(CC(=O)C(NC(=O)c4ccc(NC(=O)c5ccc([N+](=O)[O-])cc5)cc4)C(CO)C(N)=O)cc3)c(OC(C)C)c2O)c(OC(C)C)c1. The van der Waals surface area contributed by atoms with Crippen LogP contribution in [0.2, 0.25) is 0 Å². The Bertz CT molecular complexity index is 2590. The van der Waals surface area contributed by atoms with Gasteiger partial charge < -0.3 is 46.7 Å². The number of ketones is 1. The number of aromatic hydroxyl groups is 1. The number of Topliss-reactive ketones (excluding diaryl/α,β-unsaturated/α-hetero) is 1. The highest BCUT2D eigenvalue weighted by Gasteiger charge is 2.33. The van der Waals surface area contributed by atoms with Crippen LogP contribution in [0.4, 0.5) is 22.7 Å². The van der Waals surface area contributed by atoms with E-state index in [0.717, 1.165) is 5.56 Å². The smallest absolute Gasteiger partial charge is 0.269 e. The molecule has 0 spiro atoms. The number of nitro benzene ring substituents is 1. The number of benzene rings is 5. The van der Waals surface area contributed by atoms with Gasteiger partial charge in [0.2, 0.25) is 5.91 Å². The second kappa shape index (κ2) is 21.3. The highest BCUT2D eigenvalue weighted by molar-refractivity contribution is 6.10. The largest absolute Gasteiger partial charge is 0.504 e. The van der Waals surface area contributed by atoms with Crippen molar-refractivity contribution in [2.75, 3.05) is 22.6 Å². The summed E-state index contributed by atoms with van der Waals surface area (Å²) >= 11 is 0. The quantitative estimate of drug-likeness (QED) is 0.0375. The first-order chi connectivity index (χ1) is 30.8. The lowest BCUT2D eigenvalue weighted by Crippen LogP contribution is -2.52. The van der Waals surface area contributed by atoms with Gasteiger partial charge in [0, 0.05) is 40.9 Å². The Labute approximate surface area is 373 Å². The molecular formula is C47H48N6O12. The molecule has 0 bridgehead atoms. The lowest BCUT2D eigenvalue weighted by atomic mass is 9.91. The number of aliphatic hydroxyl groups excluding tert-OH is 1. The summed E-state index contributed by atoms with van der Waals surface area (Å²) in [5.41, 5.74) is 7.56. The van der Waals surface area contributed by atoms with Gasteiger partial charge in [0.05, 0.1) is 46.6 Å². The second-order valence-corrected chi connectivity index (χ2v) is 15.4. The topological polar surface area (TPSA) is 279 Å². The van der Waals surface area contributed by atoms with E-state index >= 15 is 0 Å². The number of phenols is 1. The number of carbonyl (C=O) groups excluding carboxylic acids is 6. The Morgan fingerprint density at radius 2 is 1.23 bits per heavy atom. The standard InChI is InChI=1S/C47H48N6O12/c1-25(2)64-39-22-27(5)6-20-36(39)50-47(61)34-19-21-37(42(41(34)56)65-26(3)4)51-45(59)29-9-7-28(8-10-29)23-38(55)40(35(24-54)43(48)57)52-46(60)30-11-15-32(16-12-30)49-44(58)31-13-17-33(18-14-31)53(62)63/h6-22,25-26,35,40,54,56H,23-24H2,1-5H3,(H2,48,57)(H,49,58)(H,50,61)(H,51,59)(H,52,60). The van der Waals surface area contributed by atoms with Crippen LogP contribution >= 0.6 is 0 Å². The number of ether oxygens (including phenoxy) is 2. The first-order valence-electron chi connectivity index (χ1n) is 20.3. The first kappa shape index (κ1) is 47.9. The molecular weight excluding hydrogens is 841 g/mol. The van der Waals surface area contributed by atoms with Gasteiger partial charge >= 0.3 is 0 Å². The van der Waals surface area contributed by atoms with Gasteiger partial charge in [-0.15, -0.1) is 0 Å². The number of amides is 5. The van der Waals surface area contributed by atoms with Crippen LogP contribution < -0.4 is 36.5 Å². The lowest BCUT2D eigenvalue weighted by Gasteiger charge is -2.23. The van der Waals surface area contributed by atoms with E-state index in [2.05, 4.69) is 21.3 Å². The number of phenolic OH excluding ortho intramolecular Hbond substituents is 1. The summed E-state index contributed by atoms with van der Waals surface area (Å²) in [6.07, 6.45) is -0.986. The van der Waals surface area contributed by atoms with Crippen LogP contribution in [0.5, 0.6) is 17.2 Å². The van der Waals surface area contributed by atoms with Crippen LogP contribution in [0.15, 0.2) is 103 Å². The average Bonchev–Trinajstić information content (AvgIpc) is 3.25. The monoisotopic (exact) mass is 888 g/mol. The number of carbonyl (C=O) groups is 6. The van der Waals surface area contributed by atoms with Gasteiger partial charge in [-0.1, -0.05) is 18.2 Å². The Morgan fingerprint density at radius 3 is 1.80 bits per heavy atom. The zero-order valence-electron chi connectivity index (χ0n) is 36.0. The van der Waals surface area contributed by atoms with Crippen molar-refractivity contribution in [1.29, 1.82) is 0 Å². The normalized spacial score (nSPS) is 11.8. The number of hydrogen-bond donors (Lipinski definition) is 7. The van der Waals surface area contributed by atoms with Crippen LogP contribution in [-0.2, 0) is 16.0 Å². The van der Waals surface area contributed by atoms with Crippen molar-refractivity contribution in [1.82, 2.24) is 5.32 Å². The number of aliphatic hydroxyl groups is 1. The third-order valence-corrected chi connectivity index (χ3v) is 9.66. The van der Waals surface area contributed by atoms with E-state index in [0.29, 0.717) is 17.0 Å². The molecule has 0 aliphatic rings. The van der Waals surface area contributed by atoms with Crippen molar-refractivity contribution >= 4 is 58.1 Å². The molecule has 338 valence electrons. The number of nitrogens with zero attached hydrogens (tertiary/aromatic N) is 1.